The van der Waals surface area contributed by atoms with E-state index in [9.17, 15) is 9.59 Å². The fourth-order valence-electron chi connectivity index (χ4n) is 2.50. The highest BCUT2D eigenvalue weighted by Crippen LogP contribution is 2.16. The highest BCUT2D eigenvalue weighted by Gasteiger charge is 2.10. The molecule has 0 bridgehead atoms. The maximum atomic E-state index is 12.3. The Bertz CT molecular complexity index is 724. The minimum Gasteiger partial charge on any atom is -0.453 e. The van der Waals surface area contributed by atoms with Gasteiger partial charge in [-0.2, -0.15) is 0 Å². The fraction of sp³-hybridized carbons (Fsp3) is 0.471. The number of amides is 2. The molecule has 0 saturated heterocycles. The number of nitrogens with one attached hydrogen (secondary N) is 3. The minimum absolute atomic E-state index is 0.126. The van der Waals surface area contributed by atoms with E-state index in [0.717, 1.165) is 26.1 Å². The van der Waals surface area contributed by atoms with E-state index >= 15 is 0 Å². The lowest BCUT2D eigenvalue weighted by atomic mass is 10.2. The Labute approximate surface area is 146 Å². The van der Waals surface area contributed by atoms with E-state index in [1.807, 2.05) is 0 Å². The second kappa shape index (κ2) is 9.03. The van der Waals surface area contributed by atoms with Crippen molar-refractivity contribution in [3.8, 4) is 0 Å². The van der Waals surface area contributed by atoms with Crippen molar-refractivity contribution in [3.63, 3.8) is 0 Å². The Morgan fingerprint density at radius 1 is 1.28 bits per heavy atom. The number of anilines is 1. The zero-order chi connectivity index (χ0) is 18.2. The van der Waals surface area contributed by atoms with Crippen LogP contribution in [0.1, 0.15) is 30.6 Å². The molecule has 25 heavy (non-hydrogen) atoms. The lowest BCUT2D eigenvalue weighted by molar-refractivity contribution is 0.0952. The number of rotatable bonds is 8. The van der Waals surface area contributed by atoms with Crippen LogP contribution in [-0.4, -0.2) is 60.2 Å². The molecule has 2 rings (SSSR count). The number of fused-ring (bicyclic) bond motifs is 1. The first-order chi connectivity index (χ1) is 12.1. The number of aromatic amines is 1. The van der Waals surface area contributed by atoms with Crippen molar-refractivity contribution >= 4 is 29.0 Å². The number of carbonyl (C=O) groups is 2. The van der Waals surface area contributed by atoms with Gasteiger partial charge < -0.3 is 19.9 Å². The first-order valence-electron chi connectivity index (χ1n) is 8.42. The van der Waals surface area contributed by atoms with Crippen molar-refractivity contribution in [3.05, 3.63) is 23.8 Å². The molecule has 1 aromatic carbocycles. The predicted octanol–water partition coefficient (Wildman–Crippen LogP) is 2.20. The molecule has 0 unspecified atom stereocenters. The van der Waals surface area contributed by atoms with Gasteiger partial charge >= 0.3 is 6.09 Å². The maximum absolute atomic E-state index is 12.3. The summed E-state index contributed by atoms with van der Waals surface area (Å²) in [5.74, 6) is 0.150. The summed E-state index contributed by atoms with van der Waals surface area (Å²) in [7, 11) is 1.28. The third-order valence-electron chi connectivity index (χ3n) is 3.98. The van der Waals surface area contributed by atoms with Gasteiger partial charge in [-0.25, -0.2) is 9.78 Å². The van der Waals surface area contributed by atoms with Gasteiger partial charge in [0.25, 0.3) is 5.91 Å². The van der Waals surface area contributed by atoms with E-state index in [1.54, 1.807) is 18.2 Å². The minimum atomic E-state index is -0.606. The van der Waals surface area contributed by atoms with Crippen LogP contribution in [0.25, 0.3) is 11.0 Å². The number of hydrogen-bond donors (Lipinski definition) is 3. The molecule has 2 amide bonds. The fourth-order valence-corrected chi connectivity index (χ4v) is 2.50. The van der Waals surface area contributed by atoms with E-state index in [2.05, 4.69) is 44.1 Å². The Kier molecular flexibility index (Phi) is 6.76. The molecule has 0 spiro atoms. The second-order valence-corrected chi connectivity index (χ2v) is 5.57. The summed E-state index contributed by atoms with van der Waals surface area (Å²) >= 11 is 0. The topological polar surface area (TPSA) is 99.4 Å². The standard InChI is InChI=1S/C17H25N5O3/c1-4-22(5-2)10-6-9-18-15(23)12-7-8-13-14(11-12)20-16(19-13)21-17(24)25-3/h7-8,11H,4-6,9-10H2,1-3H3,(H,18,23)(H2,19,20,21,24). The van der Waals surface area contributed by atoms with Crippen LogP contribution in [0.4, 0.5) is 10.7 Å². The lowest BCUT2D eigenvalue weighted by Gasteiger charge is -2.17. The first kappa shape index (κ1) is 18.7. The van der Waals surface area contributed by atoms with Crippen molar-refractivity contribution in [2.24, 2.45) is 0 Å². The van der Waals surface area contributed by atoms with Gasteiger partial charge in [0.05, 0.1) is 18.1 Å². The first-order valence-corrected chi connectivity index (χ1v) is 8.42. The molecule has 0 aliphatic carbocycles. The van der Waals surface area contributed by atoms with Crippen molar-refractivity contribution in [1.29, 1.82) is 0 Å². The quantitative estimate of drug-likeness (QED) is 0.636. The Morgan fingerprint density at radius 3 is 2.72 bits per heavy atom. The normalized spacial score (nSPS) is 10.9. The van der Waals surface area contributed by atoms with Crippen molar-refractivity contribution < 1.29 is 14.3 Å². The third-order valence-corrected chi connectivity index (χ3v) is 3.98. The Balaban J connectivity index is 1.93. The average Bonchev–Trinajstić information content (AvgIpc) is 3.02. The zero-order valence-electron chi connectivity index (χ0n) is 14.9. The molecule has 0 atom stereocenters. The van der Waals surface area contributed by atoms with Crippen LogP contribution in [0, 0.1) is 0 Å². The molecule has 0 saturated carbocycles. The highest BCUT2D eigenvalue weighted by molar-refractivity contribution is 5.97. The van der Waals surface area contributed by atoms with Crippen LogP contribution < -0.4 is 10.6 Å². The second-order valence-electron chi connectivity index (χ2n) is 5.57. The van der Waals surface area contributed by atoms with E-state index in [4.69, 9.17) is 0 Å². The molecule has 0 fully saturated rings. The lowest BCUT2D eigenvalue weighted by Crippen LogP contribution is -2.29. The molecule has 0 aliphatic rings. The molecule has 136 valence electrons. The number of hydrogen-bond acceptors (Lipinski definition) is 5. The SMILES string of the molecule is CCN(CC)CCCNC(=O)c1ccc2nc(NC(=O)OC)[nH]c2c1. The van der Waals surface area contributed by atoms with Gasteiger partial charge in [-0.05, 0) is 44.3 Å². The maximum Gasteiger partial charge on any atom is 0.413 e. The monoisotopic (exact) mass is 347 g/mol. The Morgan fingerprint density at radius 2 is 2.04 bits per heavy atom. The Hall–Kier alpha value is -2.61. The number of aromatic nitrogens is 2. The number of imidazole rings is 1. The summed E-state index contributed by atoms with van der Waals surface area (Å²) in [6.45, 7) is 7.89. The van der Waals surface area contributed by atoms with Crippen LogP contribution in [0.2, 0.25) is 0 Å². The molecule has 8 nitrogen and oxygen atoms in total. The summed E-state index contributed by atoms with van der Waals surface area (Å²) < 4.78 is 4.52. The highest BCUT2D eigenvalue weighted by atomic mass is 16.5. The van der Waals surface area contributed by atoms with Crippen LogP contribution >= 0.6 is 0 Å². The molecule has 1 aromatic heterocycles. The molecule has 1 heterocycles. The van der Waals surface area contributed by atoms with Crippen LogP contribution in [0.15, 0.2) is 18.2 Å². The number of H-pyrrole nitrogens is 1. The van der Waals surface area contributed by atoms with Crippen molar-refractivity contribution in [2.75, 3.05) is 38.6 Å². The van der Waals surface area contributed by atoms with E-state index in [0.29, 0.717) is 23.1 Å². The number of nitrogens with zero attached hydrogens (tertiary/aromatic N) is 2. The van der Waals surface area contributed by atoms with Crippen LogP contribution in [0.3, 0.4) is 0 Å². The molecule has 3 N–H and O–H groups in total. The summed E-state index contributed by atoms with van der Waals surface area (Å²) in [4.78, 5) is 32.9. The molecule has 2 aromatic rings. The summed E-state index contributed by atoms with van der Waals surface area (Å²) in [5, 5.41) is 5.39. The molecular formula is C17H25N5O3. The smallest absolute Gasteiger partial charge is 0.413 e. The molecule has 0 radical (unpaired) electrons. The van der Waals surface area contributed by atoms with Gasteiger partial charge in [-0.1, -0.05) is 13.8 Å². The van der Waals surface area contributed by atoms with Crippen molar-refractivity contribution in [2.45, 2.75) is 20.3 Å². The number of ether oxygens (including phenoxy) is 1. The van der Waals surface area contributed by atoms with Gasteiger partial charge in [-0.3, -0.25) is 10.1 Å². The van der Waals surface area contributed by atoms with E-state index < -0.39 is 6.09 Å². The van der Waals surface area contributed by atoms with Crippen LogP contribution in [0.5, 0.6) is 0 Å². The van der Waals surface area contributed by atoms with E-state index in [-0.39, 0.29) is 11.9 Å². The summed E-state index contributed by atoms with van der Waals surface area (Å²) in [6.07, 6.45) is 0.303. The number of carbonyl (C=O) groups excluding carboxylic acids is 2. The molecule has 8 heteroatoms. The number of benzene rings is 1. The predicted molar refractivity (Wildman–Crippen MR) is 96.9 cm³/mol. The average molecular weight is 347 g/mol. The van der Waals surface area contributed by atoms with Crippen LogP contribution in [-0.2, 0) is 4.74 Å². The van der Waals surface area contributed by atoms with Gasteiger partial charge in [0, 0.05) is 12.1 Å². The van der Waals surface area contributed by atoms with E-state index in [1.165, 1.54) is 7.11 Å². The summed E-state index contributed by atoms with van der Waals surface area (Å²) in [6, 6.07) is 5.16. The zero-order valence-corrected chi connectivity index (χ0v) is 14.9. The van der Waals surface area contributed by atoms with Crippen molar-refractivity contribution in [1.82, 2.24) is 20.2 Å². The number of methoxy groups -OCH3 is 1. The van der Waals surface area contributed by atoms with Gasteiger partial charge in [-0.15, -0.1) is 0 Å². The molecular weight excluding hydrogens is 322 g/mol. The summed E-state index contributed by atoms with van der Waals surface area (Å²) in [5.41, 5.74) is 1.87. The largest absolute Gasteiger partial charge is 0.453 e. The van der Waals surface area contributed by atoms with Gasteiger partial charge in [0.15, 0.2) is 0 Å². The third kappa shape index (κ3) is 5.18. The van der Waals surface area contributed by atoms with Gasteiger partial charge in [0.2, 0.25) is 5.95 Å². The van der Waals surface area contributed by atoms with Gasteiger partial charge in [0.1, 0.15) is 0 Å². The molecule has 0 aliphatic heterocycles.